The minimum atomic E-state index is -1.09. The van der Waals surface area contributed by atoms with Gasteiger partial charge in [0.1, 0.15) is 17.2 Å². The molecule has 3 atom stereocenters. The van der Waals surface area contributed by atoms with Crippen molar-refractivity contribution in [1.82, 2.24) is 4.57 Å². The quantitative estimate of drug-likeness (QED) is 0.316. The zero-order chi connectivity index (χ0) is 32.2. The highest BCUT2D eigenvalue weighted by Crippen LogP contribution is 2.48. The molecule has 2 N–H and O–H groups in total. The molecule has 0 aliphatic heterocycles. The molecule has 2 aromatic carbocycles. The normalized spacial score (nSPS) is 17.3. The van der Waals surface area contributed by atoms with Gasteiger partial charge >= 0.3 is 11.9 Å². The van der Waals surface area contributed by atoms with Crippen LogP contribution in [0.5, 0.6) is 5.75 Å². The predicted molar refractivity (Wildman–Crippen MR) is 159 cm³/mol. The van der Waals surface area contributed by atoms with Crippen LogP contribution in [0.25, 0.3) is 5.69 Å². The Bertz CT molecular complexity index is 1630. The Labute approximate surface area is 257 Å². The third kappa shape index (κ3) is 8.01. The smallest absolute Gasteiger partial charge is 0.344 e. The zero-order valence-electron chi connectivity index (χ0n) is 24.4. The van der Waals surface area contributed by atoms with Crippen molar-refractivity contribution in [3.8, 4) is 11.4 Å². The monoisotopic (exact) mass is 627 g/mol. The van der Waals surface area contributed by atoms with E-state index in [4.69, 9.17) is 25.8 Å². The van der Waals surface area contributed by atoms with Crippen LogP contribution in [0.3, 0.4) is 0 Å². The van der Waals surface area contributed by atoms with Crippen molar-refractivity contribution in [2.45, 2.75) is 33.3 Å². The number of esters is 2. The van der Waals surface area contributed by atoms with Crippen LogP contribution in [0.1, 0.15) is 27.7 Å². The average molecular weight is 628 g/mol. The predicted octanol–water partition coefficient (Wildman–Crippen LogP) is 4.35. The first-order chi connectivity index (χ1) is 20.8. The molecule has 1 aromatic heterocycles. The number of carbonyl (C=O) groups is 4. The summed E-state index contributed by atoms with van der Waals surface area (Å²) >= 11 is 5.88. The first-order valence-corrected chi connectivity index (χ1v) is 14.1. The number of anilines is 2. The van der Waals surface area contributed by atoms with Gasteiger partial charge in [-0.2, -0.15) is 0 Å². The molecule has 2 amide bonds. The first-order valence-electron chi connectivity index (χ1n) is 13.7. The fourth-order valence-electron chi connectivity index (χ4n) is 4.50. The van der Waals surface area contributed by atoms with E-state index in [0.717, 1.165) is 16.7 Å². The Morgan fingerprint density at radius 2 is 1.59 bits per heavy atom. The van der Waals surface area contributed by atoms with Crippen LogP contribution in [0.15, 0.2) is 65.6 Å². The third-order valence-corrected chi connectivity index (χ3v) is 6.70. The van der Waals surface area contributed by atoms with Gasteiger partial charge in [-0.15, -0.1) is 0 Å². The molecule has 0 bridgehead atoms. The molecule has 1 heterocycles. The third-order valence-electron chi connectivity index (χ3n) is 6.45. The zero-order valence-corrected chi connectivity index (χ0v) is 25.1. The van der Waals surface area contributed by atoms with Crippen LogP contribution in [0, 0.1) is 23.6 Å². The summed E-state index contributed by atoms with van der Waals surface area (Å²) in [6.07, 6.45) is 1.35. The van der Waals surface area contributed by atoms with Gasteiger partial charge in [0, 0.05) is 29.0 Å². The van der Waals surface area contributed by atoms with E-state index in [9.17, 15) is 24.0 Å². The molecule has 1 fully saturated rings. The molecule has 1 saturated carbocycles. The first kappa shape index (κ1) is 32.2. The van der Waals surface area contributed by atoms with Gasteiger partial charge in [0.2, 0.25) is 11.8 Å². The molecule has 0 radical (unpaired) electrons. The second kappa shape index (κ2) is 13.3. The number of pyridine rings is 1. The Morgan fingerprint density at radius 1 is 0.932 bits per heavy atom. The Morgan fingerprint density at radius 3 is 2.18 bits per heavy atom. The van der Waals surface area contributed by atoms with Gasteiger partial charge in [0.15, 0.2) is 6.61 Å². The second-order valence-electron chi connectivity index (χ2n) is 10.9. The highest BCUT2D eigenvalue weighted by Gasteiger charge is 2.63. The van der Waals surface area contributed by atoms with Crippen molar-refractivity contribution in [1.29, 1.82) is 0 Å². The second-order valence-corrected chi connectivity index (χ2v) is 11.4. The van der Waals surface area contributed by atoms with Gasteiger partial charge < -0.3 is 24.8 Å². The molecule has 11 nitrogen and oxygen atoms in total. The van der Waals surface area contributed by atoms with E-state index >= 15 is 4.39 Å². The van der Waals surface area contributed by atoms with Crippen LogP contribution in [-0.4, -0.2) is 47.1 Å². The number of carbonyl (C=O) groups excluding carboxylic acids is 4. The maximum absolute atomic E-state index is 15.1. The fourth-order valence-corrected chi connectivity index (χ4v) is 4.63. The summed E-state index contributed by atoms with van der Waals surface area (Å²) in [6.45, 7) is 6.41. The van der Waals surface area contributed by atoms with Crippen molar-refractivity contribution < 1.29 is 37.8 Å². The fraction of sp³-hybridized carbons (Fsp3) is 0.323. The number of rotatable bonds is 10. The molecular weight excluding hydrogens is 597 g/mol. The topological polar surface area (TPSA) is 142 Å². The van der Waals surface area contributed by atoms with Crippen molar-refractivity contribution in [3.05, 3.63) is 82.0 Å². The molecule has 13 heteroatoms. The standard InChI is InChI=1S/C31H31ClFN3O8/c1-5-42-30(41)27-25(28(39)34-18-8-6-17(32)7-9-18)26(27)29(40)35-22-11-10-19(14-21(22)33)36-13-12-20(15-23(36)37)43-16-24(38)44-31(2,3)4/h6-15,25-27H,5,16H2,1-4H3,(H,34,39)(H,35,40)/t25-,26-,27-/m0/s1. The molecule has 1 aliphatic rings. The number of amides is 2. The highest BCUT2D eigenvalue weighted by atomic mass is 35.5. The van der Waals surface area contributed by atoms with Crippen LogP contribution in [0.4, 0.5) is 15.8 Å². The summed E-state index contributed by atoms with van der Waals surface area (Å²) in [5.41, 5.74) is -0.884. The number of aromatic nitrogens is 1. The molecule has 0 spiro atoms. The summed E-state index contributed by atoms with van der Waals surface area (Å²) in [4.78, 5) is 63.1. The summed E-state index contributed by atoms with van der Waals surface area (Å²) in [7, 11) is 0. The van der Waals surface area contributed by atoms with Crippen molar-refractivity contribution in [3.63, 3.8) is 0 Å². The molecule has 44 heavy (non-hydrogen) atoms. The van der Waals surface area contributed by atoms with Crippen molar-refractivity contribution in [2.75, 3.05) is 23.8 Å². The lowest BCUT2D eigenvalue weighted by Crippen LogP contribution is -2.27. The number of ether oxygens (including phenoxy) is 3. The summed E-state index contributed by atoms with van der Waals surface area (Å²) in [5, 5.41) is 5.55. The lowest BCUT2D eigenvalue weighted by atomic mass is 10.2. The minimum Gasteiger partial charge on any atom is -0.482 e. The maximum Gasteiger partial charge on any atom is 0.344 e. The van der Waals surface area contributed by atoms with Gasteiger partial charge in [-0.25, -0.2) is 9.18 Å². The van der Waals surface area contributed by atoms with Crippen LogP contribution in [0.2, 0.25) is 5.02 Å². The maximum atomic E-state index is 15.1. The number of benzene rings is 2. The summed E-state index contributed by atoms with van der Waals surface area (Å²) < 4.78 is 31.8. The molecule has 232 valence electrons. The van der Waals surface area contributed by atoms with Crippen molar-refractivity contribution >= 4 is 46.7 Å². The Hall–Kier alpha value is -4.71. The van der Waals surface area contributed by atoms with E-state index in [0.29, 0.717) is 10.7 Å². The van der Waals surface area contributed by atoms with Crippen LogP contribution in [-0.2, 0) is 28.7 Å². The number of nitrogens with one attached hydrogen (secondary N) is 2. The Kier molecular flexibility index (Phi) is 9.73. The molecule has 4 rings (SSSR count). The van der Waals surface area contributed by atoms with Gasteiger partial charge in [-0.1, -0.05) is 11.6 Å². The van der Waals surface area contributed by atoms with Crippen LogP contribution < -0.4 is 20.9 Å². The minimum absolute atomic E-state index is 0.0570. The molecule has 1 aliphatic carbocycles. The summed E-state index contributed by atoms with van der Waals surface area (Å²) in [6, 6.07) is 12.6. The molecular formula is C31H31ClFN3O8. The SMILES string of the molecule is CCOC(=O)[C@H]1[C@@H](C(=O)Nc2ccc(Cl)cc2)[C@@H]1C(=O)Nc1ccc(-n2ccc(OCC(=O)OC(C)(C)C)cc2=O)cc1F. The van der Waals surface area contributed by atoms with E-state index in [1.54, 1.807) is 52.0 Å². The van der Waals surface area contributed by atoms with Gasteiger partial charge in [-0.05, 0) is 70.2 Å². The van der Waals surface area contributed by atoms with E-state index in [1.807, 2.05) is 0 Å². The molecule has 0 saturated heterocycles. The van der Waals surface area contributed by atoms with Gasteiger partial charge in [0.25, 0.3) is 5.56 Å². The summed E-state index contributed by atoms with van der Waals surface area (Å²) in [5.74, 6) is -6.52. The van der Waals surface area contributed by atoms with E-state index in [-0.39, 0.29) is 23.7 Å². The van der Waals surface area contributed by atoms with E-state index < -0.39 is 65.1 Å². The average Bonchev–Trinajstić information content (AvgIpc) is 3.70. The van der Waals surface area contributed by atoms with E-state index in [2.05, 4.69) is 10.6 Å². The Balaban J connectivity index is 1.43. The van der Waals surface area contributed by atoms with Gasteiger partial charge in [0.05, 0.1) is 35.7 Å². The number of nitrogens with zero attached hydrogens (tertiary/aromatic N) is 1. The highest BCUT2D eigenvalue weighted by molar-refractivity contribution is 6.30. The number of hydrogen-bond acceptors (Lipinski definition) is 8. The number of hydrogen-bond donors (Lipinski definition) is 2. The van der Waals surface area contributed by atoms with Gasteiger partial charge in [-0.3, -0.25) is 23.7 Å². The molecule has 0 unspecified atom stereocenters. The van der Waals surface area contributed by atoms with Crippen LogP contribution >= 0.6 is 11.6 Å². The molecule has 3 aromatic rings. The van der Waals surface area contributed by atoms with E-state index in [1.165, 1.54) is 24.4 Å². The lowest BCUT2D eigenvalue weighted by molar-refractivity contribution is -0.157. The largest absolute Gasteiger partial charge is 0.482 e. The van der Waals surface area contributed by atoms with Crippen molar-refractivity contribution in [2.24, 2.45) is 17.8 Å². The number of halogens is 2. The lowest BCUT2D eigenvalue weighted by Gasteiger charge is -2.19.